The van der Waals surface area contributed by atoms with Gasteiger partial charge in [0.05, 0.1) is 0 Å². The summed E-state index contributed by atoms with van der Waals surface area (Å²) in [4.78, 5) is 24.9. The molecule has 0 spiro atoms. The predicted octanol–water partition coefficient (Wildman–Crippen LogP) is 1.73. The third-order valence-electron chi connectivity index (χ3n) is 3.67. The molecule has 1 aliphatic heterocycles. The minimum atomic E-state index is -0.257. The summed E-state index contributed by atoms with van der Waals surface area (Å²) in [5, 5.41) is 0. The van der Waals surface area contributed by atoms with Gasteiger partial charge < -0.3 is 10.6 Å². The number of hydrogen-bond donors (Lipinski definition) is 1. The lowest BCUT2D eigenvalue weighted by Crippen LogP contribution is -2.41. The fourth-order valence-electron chi connectivity index (χ4n) is 2.43. The second-order valence-corrected chi connectivity index (χ2v) is 5.25. The van der Waals surface area contributed by atoms with Crippen LogP contribution in [0.25, 0.3) is 6.08 Å². The topological polar surface area (TPSA) is 63.4 Å². The van der Waals surface area contributed by atoms with Gasteiger partial charge in [-0.05, 0) is 31.4 Å². The number of piperidine rings is 1. The van der Waals surface area contributed by atoms with E-state index in [1.165, 1.54) is 5.56 Å². The van der Waals surface area contributed by atoms with Gasteiger partial charge in [-0.15, -0.1) is 0 Å². The van der Waals surface area contributed by atoms with Crippen LogP contribution in [0.15, 0.2) is 30.3 Å². The predicted molar refractivity (Wildman–Crippen MR) is 78.7 cm³/mol. The van der Waals surface area contributed by atoms with Gasteiger partial charge in [-0.25, -0.2) is 0 Å². The highest BCUT2D eigenvalue weighted by Gasteiger charge is 2.24. The van der Waals surface area contributed by atoms with Gasteiger partial charge in [-0.1, -0.05) is 29.8 Å². The van der Waals surface area contributed by atoms with Crippen LogP contribution in [0.4, 0.5) is 0 Å². The fraction of sp³-hybridized carbons (Fsp3) is 0.375. The van der Waals surface area contributed by atoms with Crippen LogP contribution in [0.1, 0.15) is 24.0 Å². The third kappa shape index (κ3) is 3.70. The summed E-state index contributed by atoms with van der Waals surface area (Å²) in [6.45, 7) is 3.23. The summed E-state index contributed by atoms with van der Waals surface area (Å²) in [5.41, 5.74) is 7.47. The molecule has 1 heterocycles. The van der Waals surface area contributed by atoms with E-state index in [1.54, 1.807) is 11.0 Å². The lowest BCUT2D eigenvalue weighted by Gasteiger charge is -2.29. The van der Waals surface area contributed by atoms with Crippen molar-refractivity contribution in [3.05, 3.63) is 41.5 Å². The smallest absolute Gasteiger partial charge is 0.246 e. The number of benzene rings is 1. The van der Waals surface area contributed by atoms with Crippen LogP contribution in [-0.4, -0.2) is 29.8 Å². The molecule has 0 unspecified atom stereocenters. The summed E-state index contributed by atoms with van der Waals surface area (Å²) >= 11 is 0. The highest BCUT2D eigenvalue weighted by atomic mass is 16.2. The van der Waals surface area contributed by atoms with Crippen molar-refractivity contribution in [3.63, 3.8) is 0 Å². The Morgan fingerprint density at radius 3 is 2.60 bits per heavy atom. The van der Waals surface area contributed by atoms with E-state index < -0.39 is 0 Å². The van der Waals surface area contributed by atoms with Gasteiger partial charge in [0.25, 0.3) is 0 Å². The first-order valence-electron chi connectivity index (χ1n) is 6.89. The molecule has 0 saturated carbocycles. The van der Waals surface area contributed by atoms with Gasteiger partial charge in [0, 0.05) is 25.1 Å². The normalized spacial score (nSPS) is 16.6. The zero-order valence-electron chi connectivity index (χ0n) is 11.7. The van der Waals surface area contributed by atoms with Crippen molar-refractivity contribution >= 4 is 17.9 Å². The van der Waals surface area contributed by atoms with Crippen LogP contribution in [-0.2, 0) is 9.59 Å². The van der Waals surface area contributed by atoms with Crippen LogP contribution in [0, 0.1) is 12.8 Å². The molecule has 1 fully saturated rings. The van der Waals surface area contributed by atoms with E-state index in [4.69, 9.17) is 5.73 Å². The molecule has 20 heavy (non-hydrogen) atoms. The second kappa shape index (κ2) is 6.37. The van der Waals surface area contributed by atoms with E-state index in [0.29, 0.717) is 25.9 Å². The molecule has 2 amide bonds. The van der Waals surface area contributed by atoms with Gasteiger partial charge in [0.15, 0.2) is 0 Å². The minimum absolute atomic E-state index is 0.00516. The lowest BCUT2D eigenvalue weighted by molar-refractivity contribution is -0.130. The largest absolute Gasteiger partial charge is 0.369 e. The van der Waals surface area contributed by atoms with Crippen LogP contribution in [0.3, 0.4) is 0 Å². The molecule has 0 bridgehead atoms. The number of rotatable bonds is 3. The maximum Gasteiger partial charge on any atom is 0.246 e. The maximum absolute atomic E-state index is 12.1. The van der Waals surface area contributed by atoms with Crippen molar-refractivity contribution in [1.29, 1.82) is 0 Å². The molecule has 1 aromatic rings. The molecular weight excluding hydrogens is 252 g/mol. The Labute approximate surface area is 119 Å². The molecule has 0 radical (unpaired) electrons. The van der Waals surface area contributed by atoms with E-state index in [0.717, 1.165) is 5.56 Å². The standard InChI is InChI=1S/C16H20N2O2/c1-12-3-2-4-13(11-12)5-6-15(19)18-9-7-14(8-10-18)16(17)20/h2-6,11,14H,7-10H2,1H3,(H2,17,20)/b6-5-. The average Bonchev–Trinajstić information content (AvgIpc) is 2.45. The van der Waals surface area contributed by atoms with Gasteiger partial charge >= 0.3 is 0 Å². The molecule has 0 aromatic heterocycles. The van der Waals surface area contributed by atoms with Gasteiger partial charge in [-0.3, -0.25) is 9.59 Å². The zero-order valence-corrected chi connectivity index (χ0v) is 11.7. The fourth-order valence-corrected chi connectivity index (χ4v) is 2.43. The van der Waals surface area contributed by atoms with Gasteiger partial charge in [-0.2, -0.15) is 0 Å². The third-order valence-corrected chi connectivity index (χ3v) is 3.67. The monoisotopic (exact) mass is 272 g/mol. The zero-order chi connectivity index (χ0) is 14.5. The Morgan fingerprint density at radius 2 is 2.00 bits per heavy atom. The number of hydrogen-bond acceptors (Lipinski definition) is 2. The molecular formula is C16H20N2O2. The van der Waals surface area contributed by atoms with E-state index in [9.17, 15) is 9.59 Å². The van der Waals surface area contributed by atoms with E-state index in [1.807, 2.05) is 37.3 Å². The summed E-state index contributed by atoms with van der Waals surface area (Å²) in [5.74, 6) is -0.346. The number of primary amides is 1. The van der Waals surface area contributed by atoms with Crippen LogP contribution < -0.4 is 5.73 Å². The van der Waals surface area contributed by atoms with Crippen LogP contribution in [0.2, 0.25) is 0 Å². The van der Waals surface area contributed by atoms with Crippen molar-refractivity contribution < 1.29 is 9.59 Å². The summed E-state index contributed by atoms with van der Waals surface area (Å²) in [6.07, 6.45) is 4.76. The summed E-state index contributed by atoms with van der Waals surface area (Å²) in [6, 6.07) is 7.99. The Balaban J connectivity index is 1.91. The summed E-state index contributed by atoms with van der Waals surface area (Å²) in [7, 11) is 0. The maximum atomic E-state index is 12.1. The quantitative estimate of drug-likeness (QED) is 0.852. The number of amides is 2. The number of nitrogens with zero attached hydrogens (tertiary/aromatic N) is 1. The SMILES string of the molecule is Cc1cccc(/C=C\C(=O)N2CCC(C(N)=O)CC2)c1. The molecule has 0 aliphatic carbocycles. The molecule has 1 saturated heterocycles. The van der Waals surface area contributed by atoms with Crippen molar-refractivity contribution in [2.24, 2.45) is 11.7 Å². The Bertz CT molecular complexity index is 529. The first-order chi connectivity index (χ1) is 9.56. The van der Waals surface area contributed by atoms with Crippen LogP contribution >= 0.6 is 0 Å². The summed E-state index contributed by atoms with van der Waals surface area (Å²) < 4.78 is 0. The molecule has 0 atom stereocenters. The molecule has 1 aromatic carbocycles. The van der Waals surface area contributed by atoms with Gasteiger partial charge in [0.2, 0.25) is 11.8 Å². The molecule has 4 nitrogen and oxygen atoms in total. The number of nitrogens with two attached hydrogens (primary N) is 1. The van der Waals surface area contributed by atoms with Gasteiger partial charge in [0.1, 0.15) is 0 Å². The molecule has 106 valence electrons. The first kappa shape index (κ1) is 14.3. The van der Waals surface area contributed by atoms with E-state index >= 15 is 0 Å². The Morgan fingerprint density at radius 1 is 1.30 bits per heavy atom. The molecule has 2 rings (SSSR count). The lowest BCUT2D eigenvalue weighted by atomic mass is 9.96. The molecule has 4 heteroatoms. The first-order valence-corrected chi connectivity index (χ1v) is 6.89. The molecule has 2 N–H and O–H groups in total. The number of likely N-dealkylation sites (tertiary alicyclic amines) is 1. The Kier molecular flexibility index (Phi) is 4.56. The van der Waals surface area contributed by atoms with Crippen molar-refractivity contribution in [3.8, 4) is 0 Å². The number of carbonyl (C=O) groups excluding carboxylic acids is 2. The van der Waals surface area contributed by atoms with E-state index in [-0.39, 0.29) is 17.7 Å². The number of aryl methyl sites for hydroxylation is 1. The average molecular weight is 272 g/mol. The second-order valence-electron chi connectivity index (χ2n) is 5.25. The van der Waals surface area contributed by atoms with Crippen molar-refractivity contribution in [2.75, 3.05) is 13.1 Å². The van der Waals surface area contributed by atoms with Crippen molar-refractivity contribution in [1.82, 2.24) is 4.90 Å². The Hall–Kier alpha value is -2.10. The van der Waals surface area contributed by atoms with E-state index in [2.05, 4.69) is 0 Å². The van der Waals surface area contributed by atoms with Crippen molar-refractivity contribution in [2.45, 2.75) is 19.8 Å². The highest BCUT2D eigenvalue weighted by molar-refractivity contribution is 5.92. The minimum Gasteiger partial charge on any atom is -0.369 e. The highest BCUT2D eigenvalue weighted by Crippen LogP contribution is 2.17. The van der Waals surface area contributed by atoms with Crippen LogP contribution in [0.5, 0.6) is 0 Å². The number of carbonyl (C=O) groups is 2. The molecule has 1 aliphatic rings.